The third kappa shape index (κ3) is 3.75. The highest BCUT2D eigenvalue weighted by Gasteiger charge is 2.05. The average Bonchev–Trinajstić information content (AvgIpc) is 2.48. The van der Waals surface area contributed by atoms with Gasteiger partial charge >= 0.3 is 0 Å². The van der Waals surface area contributed by atoms with E-state index in [-0.39, 0.29) is 11.9 Å². The van der Waals surface area contributed by atoms with Crippen LogP contribution in [-0.2, 0) is 0 Å². The lowest BCUT2D eigenvalue weighted by Crippen LogP contribution is -2.24. The van der Waals surface area contributed by atoms with Gasteiger partial charge in [-0.25, -0.2) is 0 Å². The van der Waals surface area contributed by atoms with Crippen LogP contribution in [0.2, 0.25) is 0 Å². The topological polar surface area (TPSA) is 70.6 Å². The minimum absolute atomic E-state index is 0.105. The fraction of sp³-hybridized carbons (Fsp3) is 0.188. The fourth-order valence-corrected chi connectivity index (χ4v) is 2.08. The zero-order valence-electron chi connectivity index (χ0n) is 11.5. The molecule has 1 atom stereocenters. The minimum Gasteiger partial charge on any atom is -0.409 e. The van der Waals surface area contributed by atoms with Gasteiger partial charge in [-0.3, -0.25) is 0 Å². The Morgan fingerprint density at radius 3 is 2.30 bits per heavy atom. The van der Waals surface area contributed by atoms with Crippen LogP contribution in [0.3, 0.4) is 0 Å². The standard InChI is InChI=1S/C16H19N3O/c1-12(11-16(17)19-20)18-15-9-7-14(8-10-15)13-5-3-2-4-6-13/h2-10,12,18,20H,11H2,1H3,(H2,17,19). The Morgan fingerprint density at radius 1 is 1.10 bits per heavy atom. The fourth-order valence-electron chi connectivity index (χ4n) is 2.08. The van der Waals surface area contributed by atoms with Crippen molar-refractivity contribution in [3.8, 4) is 11.1 Å². The van der Waals surface area contributed by atoms with Crippen molar-refractivity contribution < 1.29 is 5.21 Å². The molecule has 2 rings (SSSR count). The lowest BCUT2D eigenvalue weighted by atomic mass is 10.1. The number of anilines is 1. The van der Waals surface area contributed by atoms with Crippen LogP contribution < -0.4 is 11.1 Å². The molecule has 104 valence electrons. The van der Waals surface area contributed by atoms with Gasteiger partial charge in [-0.15, -0.1) is 0 Å². The van der Waals surface area contributed by atoms with Crippen LogP contribution in [0.1, 0.15) is 13.3 Å². The lowest BCUT2D eigenvalue weighted by molar-refractivity contribution is 0.316. The number of nitrogens with one attached hydrogen (secondary N) is 1. The average molecular weight is 269 g/mol. The molecule has 2 aromatic rings. The third-order valence-corrected chi connectivity index (χ3v) is 3.05. The molecular formula is C16H19N3O. The van der Waals surface area contributed by atoms with Gasteiger partial charge in [0, 0.05) is 18.2 Å². The first-order valence-corrected chi connectivity index (χ1v) is 6.57. The van der Waals surface area contributed by atoms with Crippen molar-refractivity contribution in [2.45, 2.75) is 19.4 Å². The first-order chi connectivity index (χ1) is 9.69. The maximum absolute atomic E-state index is 8.55. The number of benzene rings is 2. The second kappa shape index (κ2) is 6.61. The molecule has 4 nitrogen and oxygen atoms in total. The molecule has 4 heteroatoms. The van der Waals surface area contributed by atoms with E-state index in [1.165, 1.54) is 11.1 Å². The van der Waals surface area contributed by atoms with E-state index in [9.17, 15) is 0 Å². The van der Waals surface area contributed by atoms with Crippen LogP contribution in [-0.4, -0.2) is 17.1 Å². The molecule has 0 heterocycles. The van der Waals surface area contributed by atoms with Crippen LogP contribution in [0.5, 0.6) is 0 Å². The molecule has 0 saturated carbocycles. The van der Waals surface area contributed by atoms with Gasteiger partial charge < -0.3 is 16.3 Å². The second-order valence-corrected chi connectivity index (χ2v) is 4.78. The van der Waals surface area contributed by atoms with E-state index in [1.54, 1.807) is 0 Å². The first kappa shape index (κ1) is 13.9. The van der Waals surface area contributed by atoms with Crippen LogP contribution >= 0.6 is 0 Å². The van der Waals surface area contributed by atoms with Gasteiger partial charge in [-0.05, 0) is 30.2 Å². The zero-order valence-corrected chi connectivity index (χ0v) is 11.5. The summed E-state index contributed by atoms with van der Waals surface area (Å²) in [7, 11) is 0. The maximum atomic E-state index is 8.55. The summed E-state index contributed by atoms with van der Waals surface area (Å²) in [6.45, 7) is 1.99. The summed E-state index contributed by atoms with van der Waals surface area (Å²) in [5, 5.41) is 14.8. The molecule has 0 spiro atoms. The Kier molecular flexibility index (Phi) is 4.60. The molecular weight excluding hydrogens is 250 g/mol. The number of hydrogen-bond donors (Lipinski definition) is 3. The van der Waals surface area contributed by atoms with Crippen molar-refractivity contribution >= 4 is 11.5 Å². The molecule has 0 aliphatic heterocycles. The van der Waals surface area contributed by atoms with Crippen LogP contribution in [0.25, 0.3) is 11.1 Å². The summed E-state index contributed by atoms with van der Waals surface area (Å²) < 4.78 is 0. The van der Waals surface area contributed by atoms with Crippen molar-refractivity contribution in [2.75, 3.05) is 5.32 Å². The van der Waals surface area contributed by atoms with E-state index < -0.39 is 0 Å². The van der Waals surface area contributed by atoms with Crippen molar-refractivity contribution in [3.63, 3.8) is 0 Å². The summed E-state index contributed by atoms with van der Waals surface area (Å²) in [5.41, 5.74) is 8.88. The number of oxime groups is 1. The van der Waals surface area contributed by atoms with E-state index in [1.807, 2.05) is 37.3 Å². The molecule has 2 aromatic carbocycles. The molecule has 1 unspecified atom stereocenters. The Labute approximate surface area is 118 Å². The Bertz CT molecular complexity index is 564. The first-order valence-electron chi connectivity index (χ1n) is 6.57. The van der Waals surface area contributed by atoms with E-state index in [0.29, 0.717) is 6.42 Å². The third-order valence-electron chi connectivity index (χ3n) is 3.05. The summed E-state index contributed by atoms with van der Waals surface area (Å²) >= 11 is 0. The van der Waals surface area contributed by atoms with Gasteiger partial charge in [-0.1, -0.05) is 47.6 Å². The monoisotopic (exact) mass is 269 g/mol. The van der Waals surface area contributed by atoms with Gasteiger partial charge in [-0.2, -0.15) is 0 Å². The van der Waals surface area contributed by atoms with E-state index in [2.05, 4.69) is 34.7 Å². The van der Waals surface area contributed by atoms with E-state index in [0.717, 1.165) is 5.69 Å². The van der Waals surface area contributed by atoms with Crippen molar-refractivity contribution in [3.05, 3.63) is 54.6 Å². The van der Waals surface area contributed by atoms with Crippen LogP contribution in [0.15, 0.2) is 59.8 Å². The van der Waals surface area contributed by atoms with Gasteiger partial charge in [0.05, 0.1) is 0 Å². The number of nitrogens with zero attached hydrogens (tertiary/aromatic N) is 1. The molecule has 0 amide bonds. The Morgan fingerprint density at radius 2 is 1.70 bits per heavy atom. The molecule has 0 aliphatic rings. The highest BCUT2D eigenvalue weighted by atomic mass is 16.4. The van der Waals surface area contributed by atoms with Crippen molar-refractivity contribution in [2.24, 2.45) is 10.9 Å². The van der Waals surface area contributed by atoms with Crippen molar-refractivity contribution in [1.82, 2.24) is 0 Å². The molecule has 20 heavy (non-hydrogen) atoms. The Balaban J connectivity index is 2.02. The molecule has 4 N–H and O–H groups in total. The lowest BCUT2D eigenvalue weighted by Gasteiger charge is -2.14. The highest BCUT2D eigenvalue weighted by Crippen LogP contribution is 2.21. The number of nitrogens with two attached hydrogens (primary N) is 1. The van der Waals surface area contributed by atoms with Crippen molar-refractivity contribution in [1.29, 1.82) is 0 Å². The molecule has 0 aromatic heterocycles. The summed E-state index contributed by atoms with van der Waals surface area (Å²) in [6, 6.07) is 18.6. The van der Waals surface area contributed by atoms with Gasteiger partial charge in [0.2, 0.25) is 0 Å². The predicted molar refractivity (Wildman–Crippen MR) is 83.0 cm³/mol. The SMILES string of the molecule is CC(CC(N)=NO)Nc1ccc(-c2ccccc2)cc1. The van der Waals surface area contributed by atoms with Gasteiger partial charge in [0.25, 0.3) is 0 Å². The normalized spacial score (nSPS) is 12.9. The summed E-state index contributed by atoms with van der Waals surface area (Å²) in [5.74, 6) is 0.228. The maximum Gasteiger partial charge on any atom is 0.141 e. The van der Waals surface area contributed by atoms with Crippen LogP contribution in [0.4, 0.5) is 5.69 Å². The number of amidine groups is 1. The molecule has 0 bridgehead atoms. The zero-order chi connectivity index (χ0) is 14.4. The minimum atomic E-state index is 0.105. The molecule has 0 radical (unpaired) electrons. The number of rotatable bonds is 5. The molecule has 0 aliphatic carbocycles. The largest absolute Gasteiger partial charge is 0.409 e. The predicted octanol–water partition coefficient (Wildman–Crippen LogP) is 3.29. The smallest absolute Gasteiger partial charge is 0.141 e. The van der Waals surface area contributed by atoms with E-state index >= 15 is 0 Å². The van der Waals surface area contributed by atoms with Gasteiger partial charge in [0.1, 0.15) is 5.84 Å². The van der Waals surface area contributed by atoms with Gasteiger partial charge in [0.15, 0.2) is 0 Å². The summed E-state index contributed by atoms with van der Waals surface area (Å²) in [6.07, 6.45) is 0.497. The highest BCUT2D eigenvalue weighted by molar-refractivity contribution is 5.80. The quantitative estimate of drug-likeness (QED) is 0.337. The van der Waals surface area contributed by atoms with E-state index in [4.69, 9.17) is 10.9 Å². The summed E-state index contributed by atoms with van der Waals surface area (Å²) in [4.78, 5) is 0. The van der Waals surface area contributed by atoms with Crippen LogP contribution in [0, 0.1) is 0 Å². The molecule has 0 saturated heterocycles. The number of hydrogen-bond acceptors (Lipinski definition) is 3. The second-order valence-electron chi connectivity index (χ2n) is 4.78. The molecule has 0 fully saturated rings. The Hall–Kier alpha value is -2.49.